The van der Waals surface area contributed by atoms with Gasteiger partial charge in [-0.15, -0.1) is 0 Å². The van der Waals surface area contributed by atoms with Crippen LogP contribution in [0.3, 0.4) is 0 Å². The van der Waals surface area contributed by atoms with E-state index in [-0.39, 0.29) is 6.42 Å². The highest BCUT2D eigenvalue weighted by Crippen LogP contribution is 2.36. The van der Waals surface area contributed by atoms with Crippen LogP contribution in [0.4, 0.5) is 5.69 Å². The molecule has 0 aromatic heterocycles. The molecule has 16 heavy (non-hydrogen) atoms. The maximum absolute atomic E-state index is 11.2. The SMILES string of the molecule is O=C(O)C1(O)CCCNc2cc(Cl)ccc21. The largest absolute Gasteiger partial charge is 0.479 e. The predicted octanol–water partition coefficient (Wildman–Crippen LogP) is 1.82. The van der Waals surface area contributed by atoms with Crippen LogP contribution in [0.25, 0.3) is 0 Å². The number of rotatable bonds is 1. The van der Waals surface area contributed by atoms with E-state index in [9.17, 15) is 9.90 Å². The van der Waals surface area contributed by atoms with Crippen LogP contribution in [0, 0.1) is 0 Å². The first kappa shape index (κ1) is 11.2. The van der Waals surface area contributed by atoms with Gasteiger partial charge in [0, 0.05) is 22.8 Å². The molecule has 0 amide bonds. The molecule has 0 saturated carbocycles. The van der Waals surface area contributed by atoms with E-state index in [0.717, 1.165) is 0 Å². The number of halogens is 1. The zero-order valence-corrected chi connectivity index (χ0v) is 9.29. The van der Waals surface area contributed by atoms with Gasteiger partial charge in [-0.05, 0) is 25.0 Å². The van der Waals surface area contributed by atoms with Gasteiger partial charge in [0.2, 0.25) is 0 Å². The molecule has 1 heterocycles. The predicted molar refractivity (Wildman–Crippen MR) is 60.7 cm³/mol. The number of carboxylic acids is 1. The lowest BCUT2D eigenvalue weighted by molar-refractivity contribution is -0.160. The molecule has 0 saturated heterocycles. The van der Waals surface area contributed by atoms with E-state index >= 15 is 0 Å². The number of benzene rings is 1. The Kier molecular flexibility index (Phi) is 2.78. The third-order valence-corrected chi connectivity index (χ3v) is 3.05. The van der Waals surface area contributed by atoms with Crippen LogP contribution in [0.5, 0.6) is 0 Å². The third-order valence-electron chi connectivity index (χ3n) is 2.81. The number of hydrogen-bond acceptors (Lipinski definition) is 3. The molecule has 4 nitrogen and oxygen atoms in total. The van der Waals surface area contributed by atoms with E-state index in [0.29, 0.717) is 29.2 Å². The van der Waals surface area contributed by atoms with Crippen molar-refractivity contribution in [1.29, 1.82) is 0 Å². The molecule has 3 N–H and O–H groups in total. The van der Waals surface area contributed by atoms with Crippen molar-refractivity contribution < 1.29 is 15.0 Å². The summed E-state index contributed by atoms with van der Waals surface area (Å²) >= 11 is 5.83. The van der Waals surface area contributed by atoms with Crippen molar-refractivity contribution in [1.82, 2.24) is 0 Å². The number of nitrogens with one attached hydrogen (secondary N) is 1. The summed E-state index contributed by atoms with van der Waals surface area (Å²) in [6, 6.07) is 4.78. The first-order valence-electron chi connectivity index (χ1n) is 5.04. The molecule has 0 fully saturated rings. The molecule has 1 aliphatic heterocycles. The van der Waals surface area contributed by atoms with Crippen LogP contribution in [-0.2, 0) is 10.4 Å². The second kappa shape index (κ2) is 3.96. The summed E-state index contributed by atoms with van der Waals surface area (Å²) in [7, 11) is 0. The molecule has 1 atom stereocenters. The number of fused-ring (bicyclic) bond motifs is 1. The molecule has 0 aliphatic carbocycles. The fourth-order valence-electron chi connectivity index (χ4n) is 1.95. The Morgan fingerprint density at radius 2 is 2.25 bits per heavy atom. The molecule has 1 aliphatic rings. The zero-order valence-electron chi connectivity index (χ0n) is 8.53. The lowest BCUT2D eigenvalue weighted by Crippen LogP contribution is -2.35. The van der Waals surface area contributed by atoms with Gasteiger partial charge in [0.05, 0.1) is 0 Å². The van der Waals surface area contributed by atoms with Crippen LogP contribution in [0.15, 0.2) is 18.2 Å². The van der Waals surface area contributed by atoms with Gasteiger partial charge in [0.1, 0.15) is 0 Å². The highest BCUT2D eigenvalue weighted by atomic mass is 35.5. The van der Waals surface area contributed by atoms with E-state index in [1.54, 1.807) is 18.2 Å². The Morgan fingerprint density at radius 1 is 1.50 bits per heavy atom. The molecule has 86 valence electrons. The van der Waals surface area contributed by atoms with Crippen molar-refractivity contribution >= 4 is 23.3 Å². The first-order valence-corrected chi connectivity index (χ1v) is 5.41. The lowest BCUT2D eigenvalue weighted by Gasteiger charge is -2.23. The molecular formula is C11H12ClNO3. The molecule has 0 radical (unpaired) electrons. The number of hydrogen-bond donors (Lipinski definition) is 3. The van der Waals surface area contributed by atoms with Gasteiger partial charge >= 0.3 is 5.97 Å². The summed E-state index contributed by atoms with van der Waals surface area (Å²) in [5, 5.41) is 22.9. The molecular weight excluding hydrogens is 230 g/mol. The molecule has 2 rings (SSSR count). The number of aliphatic carboxylic acids is 1. The number of anilines is 1. The standard InChI is InChI=1S/C11H12ClNO3/c12-7-2-3-8-9(6-7)13-5-1-4-11(8,16)10(14)15/h2-3,6,13,16H,1,4-5H2,(H,14,15). The minimum Gasteiger partial charge on any atom is -0.479 e. The Hall–Kier alpha value is -1.26. The van der Waals surface area contributed by atoms with Gasteiger partial charge in [-0.25, -0.2) is 4.79 Å². The summed E-state index contributed by atoms with van der Waals surface area (Å²) in [5.74, 6) is -1.22. The van der Waals surface area contributed by atoms with Crippen molar-refractivity contribution in [2.24, 2.45) is 0 Å². The lowest BCUT2D eigenvalue weighted by atomic mass is 9.89. The first-order chi connectivity index (χ1) is 7.54. The van der Waals surface area contributed by atoms with Gasteiger partial charge in [0.15, 0.2) is 5.60 Å². The molecule has 1 aromatic rings. The van der Waals surface area contributed by atoms with Crippen LogP contribution >= 0.6 is 11.6 Å². The normalized spacial score (nSPS) is 24.1. The van der Waals surface area contributed by atoms with E-state index in [2.05, 4.69) is 5.32 Å². The van der Waals surface area contributed by atoms with Gasteiger partial charge < -0.3 is 15.5 Å². The third kappa shape index (κ3) is 1.74. The molecule has 0 bridgehead atoms. The number of carbonyl (C=O) groups is 1. The van der Waals surface area contributed by atoms with Crippen molar-refractivity contribution in [3.05, 3.63) is 28.8 Å². The second-order valence-corrected chi connectivity index (χ2v) is 4.32. The summed E-state index contributed by atoms with van der Waals surface area (Å²) in [6.45, 7) is 0.628. The van der Waals surface area contributed by atoms with Crippen molar-refractivity contribution in [2.45, 2.75) is 18.4 Å². The van der Waals surface area contributed by atoms with E-state index in [1.807, 2.05) is 0 Å². The molecule has 5 heteroatoms. The fourth-order valence-corrected chi connectivity index (χ4v) is 2.12. The number of carboxylic acid groups (broad SMARTS) is 1. The second-order valence-electron chi connectivity index (χ2n) is 3.89. The van der Waals surface area contributed by atoms with Crippen LogP contribution in [0.1, 0.15) is 18.4 Å². The van der Waals surface area contributed by atoms with E-state index in [4.69, 9.17) is 16.7 Å². The van der Waals surface area contributed by atoms with Crippen molar-refractivity contribution in [3.63, 3.8) is 0 Å². The molecule has 0 spiro atoms. The highest BCUT2D eigenvalue weighted by Gasteiger charge is 2.40. The monoisotopic (exact) mass is 241 g/mol. The summed E-state index contributed by atoms with van der Waals surface area (Å²) in [6.07, 6.45) is 0.791. The Labute approximate surface area is 97.9 Å². The number of aliphatic hydroxyl groups is 1. The van der Waals surface area contributed by atoms with Crippen LogP contribution in [0.2, 0.25) is 5.02 Å². The Bertz CT molecular complexity index is 435. The van der Waals surface area contributed by atoms with E-state index in [1.165, 1.54) is 0 Å². The summed E-state index contributed by atoms with van der Waals surface area (Å²) in [4.78, 5) is 11.2. The van der Waals surface area contributed by atoms with Crippen LogP contribution < -0.4 is 5.32 Å². The maximum atomic E-state index is 11.2. The van der Waals surface area contributed by atoms with Crippen molar-refractivity contribution in [3.8, 4) is 0 Å². The zero-order chi connectivity index (χ0) is 11.8. The van der Waals surface area contributed by atoms with E-state index < -0.39 is 11.6 Å². The van der Waals surface area contributed by atoms with Gasteiger partial charge in [-0.2, -0.15) is 0 Å². The minimum absolute atomic E-state index is 0.198. The average molecular weight is 242 g/mol. The Balaban J connectivity index is 2.57. The highest BCUT2D eigenvalue weighted by molar-refractivity contribution is 6.30. The topological polar surface area (TPSA) is 69.6 Å². The quantitative estimate of drug-likeness (QED) is 0.702. The minimum atomic E-state index is -1.82. The summed E-state index contributed by atoms with van der Waals surface area (Å²) in [5.41, 5.74) is -0.847. The molecule has 1 unspecified atom stereocenters. The molecule has 1 aromatic carbocycles. The van der Waals surface area contributed by atoms with Gasteiger partial charge in [-0.3, -0.25) is 0 Å². The van der Waals surface area contributed by atoms with Crippen molar-refractivity contribution in [2.75, 3.05) is 11.9 Å². The smallest absolute Gasteiger partial charge is 0.340 e. The maximum Gasteiger partial charge on any atom is 0.340 e. The Morgan fingerprint density at radius 3 is 2.94 bits per heavy atom. The van der Waals surface area contributed by atoms with Gasteiger partial charge in [-0.1, -0.05) is 17.7 Å². The fraction of sp³-hybridized carbons (Fsp3) is 0.364. The van der Waals surface area contributed by atoms with Gasteiger partial charge in [0.25, 0.3) is 0 Å². The average Bonchev–Trinajstić information content (AvgIpc) is 2.39. The van der Waals surface area contributed by atoms with Crippen LogP contribution in [-0.4, -0.2) is 22.7 Å². The summed E-state index contributed by atoms with van der Waals surface area (Å²) < 4.78 is 0.